The predicted molar refractivity (Wildman–Crippen MR) is 82.7 cm³/mol. The zero-order chi connectivity index (χ0) is 13.0. The van der Waals surface area contributed by atoms with Crippen molar-refractivity contribution in [3.05, 3.63) is 33.4 Å². The molecule has 18 heavy (non-hydrogen) atoms. The van der Waals surface area contributed by atoms with Crippen LogP contribution in [0.2, 0.25) is 0 Å². The molecule has 1 aliphatic carbocycles. The quantitative estimate of drug-likeness (QED) is 0.629. The summed E-state index contributed by atoms with van der Waals surface area (Å²) in [6.45, 7) is 2.31. The molecule has 1 aliphatic rings. The number of carbonyl (C=O) groups is 1. The first-order valence-corrected chi connectivity index (χ1v) is 7.79. The van der Waals surface area contributed by atoms with Gasteiger partial charge in [-0.15, -0.1) is 0 Å². The van der Waals surface area contributed by atoms with Gasteiger partial charge in [0.15, 0.2) is 0 Å². The van der Waals surface area contributed by atoms with Gasteiger partial charge in [0.05, 0.1) is 0 Å². The van der Waals surface area contributed by atoms with Crippen LogP contribution in [0.3, 0.4) is 0 Å². The summed E-state index contributed by atoms with van der Waals surface area (Å²) in [5, 5.41) is 3.18. The lowest BCUT2D eigenvalue weighted by Gasteiger charge is -2.16. The van der Waals surface area contributed by atoms with Gasteiger partial charge in [0.1, 0.15) is 0 Å². The molecule has 0 spiro atoms. The number of rotatable bonds is 2. The first-order valence-electron chi connectivity index (χ1n) is 6.71. The van der Waals surface area contributed by atoms with Crippen LogP contribution in [0.25, 0.3) is 0 Å². The minimum Gasteiger partial charge on any atom is -0.349 e. The van der Waals surface area contributed by atoms with Crippen molar-refractivity contribution in [1.29, 1.82) is 0 Å². The van der Waals surface area contributed by atoms with Crippen LogP contribution in [0.15, 0.2) is 24.3 Å². The smallest absolute Gasteiger partial charge is 0.251 e. The van der Waals surface area contributed by atoms with Crippen LogP contribution < -0.4 is 5.32 Å². The second-order valence-electron chi connectivity index (χ2n) is 5.29. The molecule has 1 aromatic rings. The molecule has 1 fully saturated rings. The average Bonchev–Trinajstić information content (AvgIpc) is 2.54. The molecule has 0 saturated heterocycles. The third-order valence-electron chi connectivity index (χ3n) is 3.68. The lowest BCUT2D eigenvalue weighted by atomic mass is 10.0. The molecule has 0 aliphatic heterocycles. The van der Waals surface area contributed by atoms with E-state index in [1.807, 2.05) is 24.3 Å². The number of hydrogen-bond acceptors (Lipinski definition) is 1. The number of nitrogens with one attached hydrogen (secondary N) is 1. The van der Waals surface area contributed by atoms with Gasteiger partial charge < -0.3 is 5.32 Å². The monoisotopic (exact) mass is 357 g/mol. The van der Waals surface area contributed by atoms with Gasteiger partial charge in [0.2, 0.25) is 0 Å². The molecule has 0 bridgehead atoms. The first-order chi connectivity index (χ1) is 8.65. The Morgan fingerprint density at radius 3 is 2.89 bits per heavy atom. The van der Waals surface area contributed by atoms with Crippen LogP contribution in [-0.2, 0) is 0 Å². The lowest BCUT2D eigenvalue weighted by Crippen LogP contribution is -2.34. The van der Waals surface area contributed by atoms with E-state index in [0.29, 0.717) is 6.04 Å². The van der Waals surface area contributed by atoms with E-state index in [1.54, 1.807) is 0 Å². The van der Waals surface area contributed by atoms with Crippen LogP contribution in [0, 0.1) is 9.49 Å². The number of amides is 1. The van der Waals surface area contributed by atoms with Crippen molar-refractivity contribution in [2.24, 2.45) is 5.92 Å². The molecule has 1 N–H and O–H groups in total. The van der Waals surface area contributed by atoms with E-state index >= 15 is 0 Å². The fraction of sp³-hybridized carbons (Fsp3) is 0.533. The van der Waals surface area contributed by atoms with Crippen LogP contribution >= 0.6 is 22.6 Å². The topological polar surface area (TPSA) is 29.1 Å². The molecule has 2 rings (SSSR count). The van der Waals surface area contributed by atoms with Crippen molar-refractivity contribution < 1.29 is 4.79 Å². The Labute approximate surface area is 123 Å². The highest BCUT2D eigenvalue weighted by Crippen LogP contribution is 2.22. The van der Waals surface area contributed by atoms with Gasteiger partial charge in [-0.2, -0.15) is 0 Å². The Morgan fingerprint density at radius 1 is 1.28 bits per heavy atom. The van der Waals surface area contributed by atoms with Crippen LogP contribution in [0.5, 0.6) is 0 Å². The number of halogens is 1. The van der Waals surface area contributed by atoms with Gasteiger partial charge in [-0.25, -0.2) is 0 Å². The average molecular weight is 357 g/mol. The maximum absolute atomic E-state index is 12.1. The summed E-state index contributed by atoms with van der Waals surface area (Å²) in [6.07, 6.45) is 6.02. The van der Waals surface area contributed by atoms with Gasteiger partial charge in [-0.05, 0) is 66.0 Å². The van der Waals surface area contributed by atoms with Crippen LogP contribution in [-0.4, -0.2) is 11.9 Å². The number of benzene rings is 1. The van der Waals surface area contributed by atoms with Gasteiger partial charge in [-0.3, -0.25) is 4.79 Å². The Morgan fingerprint density at radius 2 is 2.11 bits per heavy atom. The fourth-order valence-corrected chi connectivity index (χ4v) is 3.07. The maximum atomic E-state index is 12.1. The molecule has 1 saturated carbocycles. The molecule has 98 valence electrons. The molecule has 2 atom stereocenters. The summed E-state index contributed by atoms with van der Waals surface area (Å²) in [6, 6.07) is 8.13. The van der Waals surface area contributed by atoms with E-state index in [9.17, 15) is 4.79 Å². The Balaban J connectivity index is 1.94. The molecule has 0 aromatic heterocycles. The zero-order valence-corrected chi connectivity index (χ0v) is 12.9. The van der Waals surface area contributed by atoms with Gasteiger partial charge in [-0.1, -0.05) is 25.8 Å². The van der Waals surface area contributed by atoms with Crippen molar-refractivity contribution in [1.82, 2.24) is 5.32 Å². The molecule has 2 unspecified atom stereocenters. The normalized spacial score (nSPS) is 24.3. The highest BCUT2D eigenvalue weighted by atomic mass is 127. The molecule has 0 heterocycles. The minimum absolute atomic E-state index is 0.0769. The molecule has 3 heteroatoms. The van der Waals surface area contributed by atoms with E-state index in [1.165, 1.54) is 19.3 Å². The Kier molecular flexibility index (Phi) is 5.03. The first kappa shape index (κ1) is 13.8. The third-order valence-corrected chi connectivity index (χ3v) is 4.35. The van der Waals surface area contributed by atoms with Crippen molar-refractivity contribution in [3.8, 4) is 0 Å². The predicted octanol–water partition coefficient (Wildman–Crippen LogP) is 3.99. The van der Waals surface area contributed by atoms with Crippen LogP contribution in [0.4, 0.5) is 0 Å². The van der Waals surface area contributed by atoms with E-state index < -0.39 is 0 Å². The molecule has 1 amide bonds. The maximum Gasteiger partial charge on any atom is 0.251 e. The highest BCUT2D eigenvalue weighted by molar-refractivity contribution is 14.1. The standard InChI is InChI=1S/C15H20INO/c1-11-4-2-7-14(9-8-11)17-15(18)12-5-3-6-13(16)10-12/h3,5-6,10-11,14H,2,4,7-9H2,1H3,(H,17,18). The van der Waals surface area contributed by atoms with E-state index in [0.717, 1.165) is 27.9 Å². The van der Waals surface area contributed by atoms with Gasteiger partial charge in [0.25, 0.3) is 5.91 Å². The fourth-order valence-electron chi connectivity index (χ4n) is 2.53. The lowest BCUT2D eigenvalue weighted by molar-refractivity contribution is 0.0933. The van der Waals surface area contributed by atoms with E-state index in [-0.39, 0.29) is 5.91 Å². The Hall–Kier alpha value is -0.580. The minimum atomic E-state index is 0.0769. The van der Waals surface area contributed by atoms with Gasteiger partial charge >= 0.3 is 0 Å². The van der Waals surface area contributed by atoms with E-state index in [4.69, 9.17) is 0 Å². The summed E-state index contributed by atoms with van der Waals surface area (Å²) in [5.74, 6) is 0.887. The van der Waals surface area contributed by atoms with E-state index in [2.05, 4.69) is 34.8 Å². The summed E-state index contributed by atoms with van der Waals surface area (Å²) >= 11 is 2.24. The summed E-state index contributed by atoms with van der Waals surface area (Å²) in [4.78, 5) is 12.1. The summed E-state index contributed by atoms with van der Waals surface area (Å²) in [5.41, 5.74) is 0.777. The highest BCUT2D eigenvalue weighted by Gasteiger charge is 2.18. The summed E-state index contributed by atoms with van der Waals surface area (Å²) in [7, 11) is 0. The molecule has 1 aromatic carbocycles. The molecular weight excluding hydrogens is 337 g/mol. The van der Waals surface area contributed by atoms with Crippen LogP contribution in [0.1, 0.15) is 49.4 Å². The second-order valence-corrected chi connectivity index (χ2v) is 6.54. The van der Waals surface area contributed by atoms with Crippen molar-refractivity contribution in [2.75, 3.05) is 0 Å². The van der Waals surface area contributed by atoms with Crippen molar-refractivity contribution >= 4 is 28.5 Å². The van der Waals surface area contributed by atoms with Crippen molar-refractivity contribution in [3.63, 3.8) is 0 Å². The number of hydrogen-bond donors (Lipinski definition) is 1. The molecular formula is C15H20INO. The molecule has 2 nitrogen and oxygen atoms in total. The molecule has 0 radical (unpaired) electrons. The number of carbonyl (C=O) groups excluding carboxylic acids is 1. The Bertz CT molecular complexity index is 419. The summed E-state index contributed by atoms with van der Waals surface area (Å²) < 4.78 is 1.11. The third kappa shape index (κ3) is 3.97. The zero-order valence-electron chi connectivity index (χ0n) is 10.8. The second kappa shape index (κ2) is 6.55. The van der Waals surface area contributed by atoms with Gasteiger partial charge in [0, 0.05) is 15.2 Å². The largest absolute Gasteiger partial charge is 0.349 e. The SMILES string of the molecule is CC1CCCC(NC(=O)c2cccc(I)c2)CC1. The van der Waals surface area contributed by atoms with Crippen molar-refractivity contribution in [2.45, 2.75) is 45.1 Å².